The Balaban J connectivity index is 2.12. The van der Waals surface area contributed by atoms with Crippen molar-refractivity contribution in [3.8, 4) is 0 Å². The number of nitrogens with two attached hydrogens (primary N) is 1. The summed E-state index contributed by atoms with van der Waals surface area (Å²) in [5.74, 6) is 0.175. The van der Waals surface area contributed by atoms with Crippen molar-refractivity contribution in [1.82, 2.24) is 0 Å². The minimum Gasteiger partial charge on any atom is -0.326 e. The second kappa shape index (κ2) is 5.74. The molecule has 3 nitrogen and oxygen atoms in total. The third-order valence-electron chi connectivity index (χ3n) is 4.39. The van der Waals surface area contributed by atoms with E-state index in [-0.39, 0.29) is 17.4 Å². The molecule has 3 N–H and O–H groups in total. The number of hydrogen-bond donors (Lipinski definition) is 2. The molecule has 3 heteroatoms. The highest BCUT2D eigenvalue weighted by Crippen LogP contribution is 2.41. The van der Waals surface area contributed by atoms with Crippen LogP contribution in [0.25, 0.3) is 0 Å². The fraction of sp³-hybridized carbons (Fsp3) is 0.562. The molecule has 1 saturated carbocycles. The molecule has 0 saturated heterocycles. The SMILES string of the molecule is CCC1(C(=O)Nc2cccc(C(C)N)c2)CCCC1. The largest absolute Gasteiger partial charge is 0.326 e. The van der Waals surface area contributed by atoms with Gasteiger partial charge in [-0.15, -0.1) is 0 Å². The number of amides is 1. The lowest BCUT2D eigenvalue weighted by Gasteiger charge is -2.26. The Labute approximate surface area is 115 Å². The van der Waals surface area contributed by atoms with Crippen LogP contribution in [0.2, 0.25) is 0 Å². The molecule has 1 aliphatic rings. The minimum absolute atomic E-state index is 0.0107. The monoisotopic (exact) mass is 260 g/mol. The van der Waals surface area contributed by atoms with Crippen LogP contribution in [0, 0.1) is 5.41 Å². The summed E-state index contributed by atoms with van der Waals surface area (Å²) in [4.78, 5) is 12.5. The fourth-order valence-electron chi connectivity index (χ4n) is 2.96. The van der Waals surface area contributed by atoms with E-state index in [1.807, 2.05) is 31.2 Å². The first kappa shape index (κ1) is 14.1. The Morgan fingerprint density at radius 2 is 2.11 bits per heavy atom. The summed E-state index contributed by atoms with van der Waals surface area (Å²) in [6.45, 7) is 4.06. The van der Waals surface area contributed by atoms with Crippen molar-refractivity contribution >= 4 is 11.6 Å². The van der Waals surface area contributed by atoms with E-state index in [0.29, 0.717) is 0 Å². The lowest BCUT2D eigenvalue weighted by Crippen LogP contribution is -2.33. The van der Waals surface area contributed by atoms with Gasteiger partial charge in [0, 0.05) is 17.1 Å². The topological polar surface area (TPSA) is 55.1 Å². The first-order valence-corrected chi connectivity index (χ1v) is 7.24. The molecule has 1 aromatic rings. The number of benzene rings is 1. The highest BCUT2D eigenvalue weighted by atomic mass is 16.2. The summed E-state index contributed by atoms with van der Waals surface area (Å²) >= 11 is 0. The Bertz CT molecular complexity index is 448. The van der Waals surface area contributed by atoms with Gasteiger partial charge in [-0.3, -0.25) is 4.79 Å². The number of hydrogen-bond acceptors (Lipinski definition) is 2. The number of rotatable bonds is 4. The van der Waals surface area contributed by atoms with Gasteiger partial charge < -0.3 is 11.1 Å². The standard InChI is InChI=1S/C16H24N2O/c1-3-16(9-4-5-10-16)15(19)18-14-8-6-7-13(11-14)12(2)17/h6-8,11-12H,3-5,9-10,17H2,1-2H3,(H,18,19). The van der Waals surface area contributed by atoms with Gasteiger partial charge in [0.1, 0.15) is 0 Å². The number of anilines is 1. The third-order valence-corrected chi connectivity index (χ3v) is 4.39. The van der Waals surface area contributed by atoms with Crippen LogP contribution in [-0.2, 0) is 4.79 Å². The molecule has 0 aliphatic heterocycles. The van der Waals surface area contributed by atoms with Crippen LogP contribution >= 0.6 is 0 Å². The van der Waals surface area contributed by atoms with Gasteiger partial charge in [-0.1, -0.05) is 31.9 Å². The van der Waals surface area contributed by atoms with E-state index >= 15 is 0 Å². The number of carbonyl (C=O) groups is 1. The maximum atomic E-state index is 12.5. The predicted octanol–water partition coefficient (Wildman–Crippen LogP) is 3.62. The number of nitrogens with one attached hydrogen (secondary N) is 1. The van der Waals surface area contributed by atoms with Crippen molar-refractivity contribution in [3.63, 3.8) is 0 Å². The van der Waals surface area contributed by atoms with Gasteiger partial charge in [0.2, 0.25) is 5.91 Å². The molecule has 0 aromatic heterocycles. The molecule has 19 heavy (non-hydrogen) atoms. The molecule has 0 bridgehead atoms. The molecular formula is C16H24N2O. The van der Waals surface area contributed by atoms with Crippen LogP contribution in [0.5, 0.6) is 0 Å². The Hall–Kier alpha value is -1.35. The molecule has 0 radical (unpaired) electrons. The zero-order valence-electron chi connectivity index (χ0n) is 11.9. The molecule has 1 fully saturated rings. The second-order valence-electron chi connectivity index (χ2n) is 5.71. The summed E-state index contributed by atoms with van der Waals surface area (Å²) < 4.78 is 0. The van der Waals surface area contributed by atoms with E-state index in [1.54, 1.807) is 0 Å². The summed E-state index contributed by atoms with van der Waals surface area (Å²) in [5, 5.41) is 3.08. The van der Waals surface area contributed by atoms with Crippen LogP contribution in [0.1, 0.15) is 57.6 Å². The van der Waals surface area contributed by atoms with Crippen LogP contribution in [-0.4, -0.2) is 5.91 Å². The Morgan fingerprint density at radius 3 is 2.68 bits per heavy atom. The maximum absolute atomic E-state index is 12.5. The predicted molar refractivity (Wildman–Crippen MR) is 78.9 cm³/mol. The lowest BCUT2D eigenvalue weighted by atomic mass is 9.82. The minimum atomic E-state index is -0.148. The van der Waals surface area contributed by atoms with Gasteiger partial charge in [0.25, 0.3) is 0 Å². The van der Waals surface area contributed by atoms with E-state index in [0.717, 1.165) is 30.5 Å². The molecule has 1 amide bonds. The van der Waals surface area contributed by atoms with Crippen molar-refractivity contribution < 1.29 is 4.79 Å². The van der Waals surface area contributed by atoms with E-state index in [2.05, 4.69) is 12.2 Å². The average molecular weight is 260 g/mol. The summed E-state index contributed by atoms with van der Waals surface area (Å²) in [7, 11) is 0. The highest BCUT2D eigenvalue weighted by Gasteiger charge is 2.39. The van der Waals surface area contributed by atoms with E-state index in [1.165, 1.54) is 12.8 Å². The lowest BCUT2D eigenvalue weighted by molar-refractivity contribution is -0.125. The molecule has 1 aliphatic carbocycles. The van der Waals surface area contributed by atoms with Gasteiger partial charge in [-0.25, -0.2) is 0 Å². The van der Waals surface area contributed by atoms with Crippen molar-refractivity contribution in [2.75, 3.05) is 5.32 Å². The molecule has 1 unspecified atom stereocenters. The maximum Gasteiger partial charge on any atom is 0.230 e. The highest BCUT2D eigenvalue weighted by molar-refractivity contribution is 5.95. The van der Waals surface area contributed by atoms with Crippen LogP contribution < -0.4 is 11.1 Å². The Kier molecular flexibility index (Phi) is 4.25. The van der Waals surface area contributed by atoms with E-state index in [4.69, 9.17) is 5.73 Å². The first-order chi connectivity index (χ1) is 9.07. The van der Waals surface area contributed by atoms with Crippen LogP contribution in [0.3, 0.4) is 0 Å². The zero-order chi connectivity index (χ0) is 13.9. The molecule has 1 aromatic carbocycles. The second-order valence-corrected chi connectivity index (χ2v) is 5.71. The van der Waals surface area contributed by atoms with E-state index < -0.39 is 0 Å². The van der Waals surface area contributed by atoms with Gasteiger partial charge in [0.05, 0.1) is 0 Å². The molecular weight excluding hydrogens is 236 g/mol. The summed E-state index contributed by atoms with van der Waals surface area (Å²) in [6.07, 6.45) is 5.29. The van der Waals surface area contributed by atoms with Gasteiger partial charge >= 0.3 is 0 Å². The summed E-state index contributed by atoms with van der Waals surface area (Å²) in [6, 6.07) is 7.83. The van der Waals surface area contributed by atoms with Gasteiger partial charge in [0.15, 0.2) is 0 Å². The van der Waals surface area contributed by atoms with Gasteiger partial charge in [-0.05, 0) is 43.9 Å². The fourth-order valence-corrected chi connectivity index (χ4v) is 2.96. The average Bonchev–Trinajstić information content (AvgIpc) is 2.89. The molecule has 0 heterocycles. The first-order valence-electron chi connectivity index (χ1n) is 7.24. The molecule has 1 atom stereocenters. The summed E-state index contributed by atoms with van der Waals surface area (Å²) in [5.41, 5.74) is 7.64. The third kappa shape index (κ3) is 2.98. The smallest absolute Gasteiger partial charge is 0.230 e. The quantitative estimate of drug-likeness (QED) is 0.868. The zero-order valence-corrected chi connectivity index (χ0v) is 11.9. The Morgan fingerprint density at radius 1 is 1.42 bits per heavy atom. The van der Waals surface area contributed by atoms with Crippen LogP contribution in [0.15, 0.2) is 24.3 Å². The molecule has 0 spiro atoms. The molecule has 104 valence electrons. The normalized spacial score (nSPS) is 19.1. The number of carbonyl (C=O) groups excluding carboxylic acids is 1. The molecule has 2 rings (SSSR count). The van der Waals surface area contributed by atoms with Crippen molar-refractivity contribution in [3.05, 3.63) is 29.8 Å². The van der Waals surface area contributed by atoms with Crippen molar-refractivity contribution in [1.29, 1.82) is 0 Å². The van der Waals surface area contributed by atoms with Crippen molar-refractivity contribution in [2.24, 2.45) is 11.1 Å². The van der Waals surface area contributed by atoms with E-state index in [9.17, 15) is 4.79 Å². The van der Waals surface area contributed by atoms with Crippen molar-refractivity contribution in [2.45, 2.75) is 52.0 Å². The van der Waals surface area contributed by atoms with Gasteiger partial charge in [-0.2, -0.15) is 0 Å². The van der Waals surface area contributed by atoms with Crippen LogP contribution in [0.4, 0.5) is 5.69 Å².